The number of piperazine rings is 1. The molecular weight excluding hydrogens is 260 g/mol. The number of nitrogens with zero attached hydrogens (tertiary/aromatic N) is 1. The molecule has 3 heteroatoms. The van der Waals surface area contributed by atoms with E-state index in [0.717, 1.165) is 26.3 Å². The summed E-state index contributed by atoms with van der Waals surface area (Å²) in [7, 11) is 0. The zero-order valence-electron chi connectivity index (χ0n) is 13.9. The molecule has 0 amide bonds. The Balaban J connectivity index is 2.14. The van der Waals surface area contributed by atoms with E-state index >= 15 is 0 Å². The van der Waals surface area contributed by atoms with E-state index in [9.17, 15) is 0 Å². The molecule has 21 heavy (non-hydrogen) atoms. The summed E-state index contributed by atoms with van der Waals surface area (Å²) in [5.41, 5.74) is 1.39. The van der Waals surface area contributed by atoms with Crippen molar-refractivity contribution in [1.29, 1.82) is 0 Å². The van der Waals surface area contributed by atoms with E-state index in [4.69, 9.17) is 4.74 Å². The van der Waals surface area contributed by atoms with Crippen molar-refractivity contribution in [3.8, 4) is 0 Å². The summed E-state index contributed by atoms with van der Waals surface area (Å²) in [6, 6.07) is 11.8. The predicted molar refractivity (Wildman–Crippen MR) is 88.5 cm³/mol. The van der Waals surface area contributed by atoms with Crippen LogP contribution in [0.5, 0.6) is 0 Å². The van der Waals surface area contributed by atoms with Gasteiger partial charge in [0.25, 0.3) is 0 Å². The van der Waals surface area contributed by atoms with E-state index in [-0.39, 0.29) is 5.54 Å². The minimum atomic E-state index is 0.0212. The first-order valence-electron chi connectivity index (χ1n) is 8.24. The van der Waals surface area contributed by atoms with Crippen LogP contribution in [0.25, 0.3) is 0 Å². The van der Waals surface area contributed by atoms with Gasteiger partial charge in [-0.2, -0.15) is 0 Å². The number of hydrogen-bond acceptors (Lipinski definition) is 3. The Hall–Kier alpha value is -0.900. The van der Waals surface area contributed by atoms with Crippen molar-refractivity contribution in [2.24, 2.45) is 0 Å². The highest BCUT2D eigenvalue weighted by Crippen LogP contribution is 2.28. The Labute approximate surface area is 129 Å². The number of nitrogens with one attached hydrogen (secondary N) is 1. The van der Waals surface area contributed by atoms with Crippen LogP contribution in [0, 0.1) is 0 Å². The second-order valence-corrected chi connectivity index (χ2v) is 6.32. The van der Waals surface area contributed by atoms with E-state index in [1.807, 2.05) is 0 Å². The van der Waals surface area contributed by atoms with E-state index in [1.165, 1.54) is 12.0 Å². The minimum absolute atomic E-state index is 0.0212. The third-order valence-electron chi connectivity index (χ3n) is 4.71. The summed E-state index contributed by atoms with van der Waals surface area (Å²) in [5.74, 6) is 0. The summed E-state index contributed by atoms with van der Waals surface area (Å²) in [6.07, 6.45) is 1.17. The van der Waals surface area contributed by atoms with Crippen molar-refractivity contribution in [1.82, 2.24) is 10.2 Å². The Kier molecular flexibility index (Phi) is 5.80. The van der Waals surface area contributed by atoms with Gasteiger partial charge in [0.15, 0.2) is 0 Å². The van der Waals surface area contributed by atoms with Crippen LogP contribution < -0.4 is 5.32 Å². The summed E-state index contributed by atoms with van der Waals surface area (Å²) in [5, 5.41) is 3.77. The van der Waals surface area contributed by atoms with E-state index in [1.54, 1.807) is 0 Å². The number of ether oxygens (including phenoxy) is 1. The Morgan fingerprint density at radius 2 is 2.05 bits per heavy atom. The molecule has 0 bridgehead atoms. The second-order valence-electron chi connectivity index (χ2n) is 6.32. The van der Waals surface area contributed by atoms with Crippen LogP contribution in [-0.2, 0) is 10.3 Å². The molecule has 0 aromatic heterocycles. The molecule has 3 atom stereocenters. The van der Waals surface area contributed by atoms with Gasteiger partial charge in [-0.05, 0) is 32.8 Å². The highest BCUT2D eigenvalue weighted by atomic mass is 16.5. The zero-order valence-corrected chi connectivity index (χ0v) is 13.9. The maximum Gasteiger partial charge on any atom is 0.0619 e. The fourth-order valence-electron chi connectivity index (χ4n) is 3.29. The molecule has 0 aliphatic carbocycles. The van der Waals surface area contributed by atoms with E-state index in [0.29, 0.717) is 12.1 Å². The van der Waals surface area contributed by atoms with Gasteiger partial charge in [0.05, 0.1) is 12.1 Å². The summed E-state index contributed by atoms with van der Waals surface area (Å²) in [4.78, 5) is 2.62. The average Bonchev–Trinajstić information content (AvgIpc) is 2.53. The molecule has 1 aliphatic heterocycles. The maximum atomic E-state index is 5.65. The molecule has 1 N–H and O–H groups in total. The minimum Gasteiger partial charge on any atom is -0.380 e. The smallest absolute Gasteiger partial charge is 0.0619 e. The molecule has 1 aromatic rings. The fourth-order valence-corrected chi connectivity index (χ4v) is 3.29. The fraction of sp³-hybridized carbons (Fsp3) is 0.667. The molecule has 1 aliphatic rings. The lowest BCUT2D eigenvalue weighted by Crippen LogP contribution is -2.63. The van der Waals surface area contributed by atoms with Crippen molar-refractivity contribution in [2.45, 2.75) is 51.7 Å². The lowest BCUT2D eigenvalue weighted by molar-refractivity contribution is 0.00728. The largest absolute Gasteiger partial charge is 0.380 e. The number of hydrogen-bond donors (Lipinski definition) is 1. The Morgan fingerprint density at radius 3 is 2.67 bits per heavy atom. The van der Waals surface area contributed by atoms with Crippen molar-refractivity contribution in [3.05, 3.63) is 35.9 Å². The van der Waals surface area contributed by atoms with Gasteiger partial charge in [-0.15, -0.1) is 0 Å². The summed E-state index contributed by atoms with van der Waals surface area (Å²) >= 11 is 0. The molecule has 118 valence electrons. The molecule has 0 radical (unpaired) electrons. The van der Waals surface area contributed by atoms with Crippen molar-refractivity contribution in [3.63, 3.8) is 0 Å². The number of rotatable bonds is 6. The van der Waals surface area contributed by atoms with Gasteiger partial charge < -0.3 is 10.1 Å². The number of benzene rings is 1. The average molecular weight is 290 g/mol. The van der Waals surface area contributed by atoms with Crippen LogP contribution in [0.15, 0.2) is 30.3 Å². The van der Waals surface area contributed by atoms with Crippen LogP contribution in [0.3, 0.4) is 0 Å². The van der Waals surface area contributed by atoms with Crippen molar-refractivity contribution in [2.75, 3.05) is 26.3 Å². The molecule has 1 heterocycles. The molecule has 0 saturated carbocycles. The molecule has 1 aromatic carbocycles. The highest BCUT2D eigenvalue weighted by molar-refractivity contribution is 5.25. The Bertz CT molecular complexity index is 422. The third-order valence-corrected chi connectivity index (χ3v) is 4.71. The van der Waals surface area contributed by atoms with E-state index < -0.39 is 0 Å². The highest BCUT2D eigenvalue weighted by Gasteiger charge is 2.38. The molecule has 2 rings (SSSR count). The topological polar surface area (TPSA) is 24.5 Å². The molecule has 1 fully saturated rings. The van der Waals surface area contributed by atoms with Crippen LogP contribution in [0.1, 0.15) is 39.7 Å². The van der Waals surface area contributed by atoms with Gasteiger partial charge in [0.2, 0.25) is 0 Å². The monoisotopic (exact) mass is 290 g/mol. The van der Waals surface area contributed by atoms with Gasteiger partial charge in [-0.1, -0.05) is 37.3 Å². The predicted octanol–water partition coefficient (Wildman–Crippen LogP) is 3.01. The second kappa shape index (κ2) is 7.39. The SMILES string of the molecule is CCOCC(C)N1CC(C)(c2ccccc2)NCC1CC. The first-order chi connectivity index (χ1) is 10.1. The van der Waals surface area contributed by atoms with Gasteiger partial charge in [-0.25, -0.2) is 0 Å². The normalized spacial score (nSPS) is 28.5. The quantitative estimate of drug-likeness (QED) is 0.871. The molecule has 3 unspecified atom stereocenters. The van der Waals surface area contributed by atoms with Gasteiger partial charge in [0.1, 0.15) is 0 Å². The Morgan fingerprint density at radius 1 is 1.33 bits per heavy atom. The molecular formula is C18H30N2O. The lowest BCUT2D eigenvalue weighted by atomic mass is 9.87. The maximum absolute atomic E-state index is 5.65. The van der Waals surface area contributed by atoms with Gasteiger partial charge in [-0.3, -0.25) is 4.90 Å². The van der Waals surface area contributed by atoms with Crippen LogP contribution >= 0.6 is 0 Å². The van der Waals surface area contributed by atoms with Crippen LogP contribution in [0.4, 0.5) is 0 Å². The van der Waals surface area contributed by atoms with Gasteiger partial charge in [0, 0.05) is 31.8 Å². The molecule has 1 saturated heterocycles. The van der Waals surface area contributed by atoms with Crippen LogP contribution in [-0.4, -0.2) is 43.3 Å². The first-order valence-corrected chi connectivity index (χ1v) is 8.24. The molecule has 3 nitrogen and oxygen atoms in total. The lowest BCUT2D eigenvalue weighted by Gasteiger charge is -2.48. The van der Waals surface area contributed by atoms with Crippen LogP contribution in [0.2, 0.25) is 0 Å². The summed E-state index contributed by atoms with van der Waals surface area (Å²) < 4.78 is 5.65. The first kappa shape index (κ1) is 16.5. The van der Waals surface area contributed by atoms with Crippen molar-refractivity contribution < 1.29 is 4.74 Å². The van der Waals surface area contributed by atoms with Gasteiger partial charge >= 0.3 is 0 Å². The van der Waals surface area contributed by atoms with E-state index in [2.05, 4.69) is 68.2 Å². The standard InChI is InChI=1S/C18H30N2O/c1-5-17-12-19-18(4,16-10-8-7-9-11-16)14-20(17)15(3)13-21-6-2/h7-11,15,17,19H,5-6,12-14H2,1-4H3. The third kappa shape index (κ3) is 3.85. The van der Waals surface area contributed by atoms with Crippen molar-refractivity contribution >= 4 is 0 Å². The molecule has 0 spiro atoms. The zero-order chi connectivity index (χ0) is 15.3. The summed E-state index contributed by atoms with van der Waals surface area (Å²) in [6.45, 7) is 12.6.